The summed E-state index contributed by atoms with van der Waals surface area (Å²) in [5.74, 6) is -0.000377. The highest BCUT2D eigenvalue weighted by atomic mass is 16.1. The van der Waals surface area contributed by atoms with Gasteiger partial charge in [-0.25, -0.2) is 9.67 Å². The Labute approximate surface area is 128 Å². The molecule has 3 aromatic rings. The lowest BCUT2D eigenvalue weighted by Crippen LogP contribution is -2.25. The molecular formula is C16H17N5O. The molecule has 3 rings (SSSR count). The summed E-state index contributed by atoms with van der Waals surface area (Å²) in [4.78, 5) is 16.0. The highest BCUT2D eigenvalue weighted by Gasteiger charge is 2.08. The van der Waals surface area contributed by atoms with E-state index in [1.54, 1.807) is 11.0 Å². The van der Waals surface area contributed by atoms with Crippen LogP contribution in [0.5, 0.6) is 0 Å². The summed E-state index contributed by atoms with van der Waals surface area (Å²) in [6.07, 6.45) is 7.40. The average Bonchev–Trinajstić information content (AvgIpc) is 3.17. The number of carbonyl (C=O) groups is 1. The Morgan fingerprint density at radius 2 is 2.14 bits per heavy atom. The van der Waals surface area contributed by atoms with Crippen LogP contribution in [-0.2, 0) is 24.8 Å². The van der Waals surface area contributed by atoms with Gasteiger partial charge >= 0.3 is 0 Å². The summed E-state index contributed by atoms with van der Waals surface area (Å²) in [7, 11) is 1.94. The number of hydrogen-bond acceptors (Lipinski definition) is 3. The van der Waals surface area contributed by atoms with E-state index in [4.69, 9.17) is 0 Å². The van der Waals surface area contributed by atoms with Crippen molar-refractivity contribution in [3.63, 3.8) is 0 Å². The molecule has 0 aliphatic rings. The molecule has 0 bridgehead atoms. The minimum Gasteiger partial charge on any atom is -0.357 e. The van der Waals surface area contributed by atoms with E-state index in [9.17, 15) is 4.79 Å². The standard InChI is InChI=1S/C16H17N5O/c1-20-7-6-13(10-20)8-16(22)18-9-14-4-2-3-5-15(14)21-12-17-11-19-21/h2-7,10-12H,8-9H2,1H3,(H,18,22). The van der Waals surface area contributed by atoms with E-state index in [1.807, 2.05) is 54.3 Å². The van der Waals surface area contributed by atoms with Crippen LogP contribution in [0.3, 0.4) is 0 Å². The fraction of sp³-hybridized carbons (Fsp3) is 0.188. The van der Waals surface area contributed by atoms with Gasteiger partial charge in [-0.15, -0.1) is 0 Å². The predicted octanol–water partition coefficient (Wildman–Crippen LogP) is 1.46. The molecule has 1 amide bonds. The third-order valence-electron chi connectivity index (χ3n) is 3.39. The van der Waals surface area contributed by atoms with Crippen LogP contribution in [0.25, 0.3) is 5.69 Å². The van der Waals surface area contributed by atoms with E-state index in [0.29, 0.717) is 13.0 Å². The molecule has 0 fully saturated rings. The van der Waals surface area contributed by atoms with Gasteiger partial charge in [0.15, 0.2) is 0 Å². The second-order valence-electron chi connectivity index (χ2n) is 5.11. The van der Waals surface area contributed by atoms with Gasteiger partial charge in [-0.2, -0.15) is 5.10 Å². The Balaban J connectivity index is 1.65. The zero-order valence-corrected chi connectivity index (χ0v) is 12.3. The minimum absolute atomic E-state index is 0.000377. The highest BCUT2D eigenvalue weighted by molar-refractivity contribution is 5.78. The molecule has 0 saturated heterocycles. The molecule has 0 saturated carbocycles. The van der Waals surface area contributed by atoms with E-state index in [0.717, 1.165) is 16.8 Å². The lowest BCUT2D eigenvalue weighted by molar-refractivity contribution is -0.120. The second kappa shape index (κ2) is 6.26. The number of para-hydroxylation sites is 1. The molecule has 1 aromatic carbocycles. The largest absolute Gasteiger partial charge is 0.357 e. The van der Waals surface area contributed by atoms with Crippen molar-refractivity contribution in [1.29, 1.82) is 0 Å². The molecule has 0 spiro atoms. The molecule has 0 atom stereocenters. The van der Waals surface area contributed by atoms with Gasteiger partial charge in [-0.05, 0) is 23.3 Å². The number of aryl methyl sites for hydroxylation is 1. The van der Waals surface area contributed by atoms with Gasteiger partial charge in [-0.3, -0.25) is 4.79 Å². The van der Waals surface area contributed by atoms with E-state index in [2.05, 4.69) is 15.4 Å². The van der Waals surface area contributed by atoms with Gasteiger partial charge in [0.25, 0.3) is 0 Å². The SMILES string of the molecule is Cn1ccc(CC(=O)NCc2ccccc2-n2cncn2)c1. The summed E-state index contributed by atoms with van der Waals surface area (Å²) >= 11 is 0. The molecule has 6 nitrogen and oxygen atoms in total. The van der Waals surface area contributed by atoms with E-state index in [-0.39, 0.29) is 5.91 Å². The van der Waals surface area contributed by atoms with Gasteiger partial charge in [0.05, 0.1) is 12.1 Å². The van der Waals surface area contributed by atoms with Gasteiger partial charge in [0.2, 0.25) is 5.91 Å². The summed E-state index contributed by atoms with van der Waals surface area (Å²) in [6.45, 7) is 0.460. The molecule has 1 N–H and O–H groups in total. The lowest BCUT2D eigenvalue weighted by Gasteiger charge is -2.10. The van der Waals surface area contributed by atoms with Crippen LogP contribution in [0.15, 0.2) is 55.4 Å². The first-order valence-electron chi connectivity index (χ1n) is 7.03. The Hall–Kier alpha value is -2.89. The number of nitrogens with zero attached hydrogens (tertiary/aromatic N) is 4. The Kier molecular flexibility index (Phi) is 4.00. The number of carbonyl (C=O) groups excluding carboxylic acids is 1. The molecule has 22 heavy (non-hydrogen) atoms. The molecule has 112 valence electrons. The van der Waals surface area contributed by atoms with Crippen molar-refractivity contribution in [2.24, 2.45) is 7.05 Å². The number of benzene rings is 1. The fourth-order valence-corrected chi connectivity index (χ4v) is 2.32. The molecular weight excluding hydrogens is 278 g/mol. The maximum absolute atomic E-state index is 12.0. The normalized spacial score (nSPS) is 10.6. The first kappa shape index (κ1) is 14.1. The van der Waals surface area contributed by atoms with E-state index >= 15 is 0 Å². The molecule has 6 heteroatoms. The van der Waals surface area contributed by atoms with Crippen LogP contribution in [0.2, 0.25) is 0 Å². The maximum Gasteiger partial charge on any atom is 0.224 e. The van der Waals surface area contributed by atoms with Crippen molar-refractivity contribution in [1.82, 2.24) is 24.6 Å². The van der Waals surface area contributed by atoms with Crippen molar-refractivity contribution in [3.8, 4) is 5.69 Å². The molecule has 0 aliphatic carbocycles. The summed E-state index contributed by atoms with van der Waals surface area (Å²) < 4.78 is 3.63. The monoisotopic (exact) mass is 295 g/mol. The first-order valence-corrected chi connectivity index (χ1v) is 7.03. The van der Waals surface area contributed by atoms with Crippen molar-refractivity contribution in [3.05, 3.63) is 66.5 Å². The molecule has 0 aliphatic heterocycles. The van der Waals surface area contributed by atoms with Crippen LogP contribution < -0.4 is 5.32 Å². The van der Waals surface area contributed by atoms with Gasteiger partial charge in [0.1, 0.15) is 12.7 Å². The third kappa shape index (κ3) is 3.22. The van der Waals surface area contributed by atoms with E-state index < -0.39 is 0 Å². The average molecular weight is 295 g/mol. The van der Waals surface area contributed by atoms with Gasteiger partial charge in [0, 0.05) is 26.0 Å². The van der Waals surface area contributed by atoms with Crippen molar-refractivity contribution in [2.45, 2.75) is 13.0 Å². The number of nitrogens with one attached hydrogen (secondary N) is 1. The first-order chi connectivity index (χ1) is 10.7. The van der Waals surface area contributed by atoms with Gasteiger partial charge < -0.3 is 9.88 Å². The van der Waals surface area contributed by atoms with Crippen molar-refractivity contribution in [2.75, 3.05) is 0 Å². The quantitative estimate of drug-likeness (QED) is 0.775. The smallest absolute Gasteiger partial charge is 0.224 e. The Morgan fingerprint density at radius 1 is 1.27 bits per heavy atom. The Bertz CT molecular complexity index is 760. The molecule has 2 aromatic heterocycles. The van der Waals surface area contributed by atoms with Crippen LogP contribution in [0.4, 0.5) is 0 Å². The zero-order chi connectivity index (χ0) is 15.4. The fourth-order valence-electron chi connectivity index (χ4n) is 2.32. The molecule has 0 radical (unpaired) electrons. The maximum atomic E-state index is 12.0. The topological polar surface area (TPSA) is 64.7 Å². The zero-order valence-electron chi connectivity index (χ0n) is 12.3. The van der Waals surface area contributed by atoms with Crippen LogP contribution >= 0.6 is 0 Å². The number of rotatable bonds is 5. The van der Waals surface area contributed by atoms with Crippen LogP contribution in [0, 0.1) is 0 Å². The summed E-state index contributed by atoms with van der Waals surface area (Å²) in [6, 6.07) is 9.75. The minimum atomic E-state index is -0.000377. The molecule has 0 unspecified atom stereocenters. The van der Waals surface area contributed by atoms with Crippen LogP contribution in [-0.4, -0.2) is 25.2 Å². The summed E-state index contributed by atoms with van der Waals surface area (Å²) in [5, 5.41) is 7.08. The van der Waals surface area contributed by atoms with Crippen molar-refractivity contribution < 1.29 is 4.79 Å². The summed E-state index contributed by atoms with van der Waals surface area (Å²) in [5.41, 5.74) is 2.92. The third-order valence-corrected chi connectivity index (χ3v) is 3.39. The van der Waals surface area contributed by atoms with Crippen LogP contribution in [0.1, 0.15) is 11.1 Å². The predicted molar refractivity (Wildman–Crippen MR) is 82.3 cm³/mol. The number of hydrogen-bond donors (Lipinski definition) is 1. The van der Waals surface area contributed by atoms with Crippen molar-refractivity contribution >= 4 is 5.91 Å². The van der Waals surface area contributed by atoms with Gasteiger partial charge in [-0.1, -0.05) is 18.2 Å². The highest BCUT2D eigenvalue weighted by Crippen LogP contribution is 2.12. The second-order valence-corrected chi connectivity index (χ2v) is 5.11. The Morgan fingerprint density at radius 3 is 2.86 bits per heavy atom. The molecule has 2 heterocycles. The lowest BCUT2D eigenvalue weighted by atomic mass is 10.1. The number of aromatic nitrogens is 4. The number of amides is 1. The van der Waals surface area contributed by atoms with E-state index in [1.165, 1.54) is 6.33 Å².